The van der Waals surface area contributed by atoms with Crippen molar-refractivity contribution in [2.45, 2.75) is 45.8 Å². The van der Waals surface area contributed by atoms with Gasteiger partial charge < -0.3 is 19.9 Å². The molecule has 7 nitrogen and oxygen atoms in total. The number of ether oxygens (including phenoxy) is 1. The topological polar surface area (TPSA) is 84.6 Å². The number of hydrogen-bond donors (Lipinski definition) is 2. The second-order valence-electron chi connectivity index (χ2n) is 6.62. The van der Waals surface area contributed by atoms with E-state index < -0.39 is 12.8 Å². The summed E-state index contributed by atoms with van der Waals surface area (Å²) in [7, 11) is 0. The van der Waals surface area contributed by atoms with E-state index in [0.29, 0.717) is 43.7 Å². The molecule has 0 radical (unpaired) electrons. The smallest absolute Gasteiger partial charge is 0.422 e. The minimum Gasteiger partial charge on any atom is -0.484 e. The van der Waals surface area contributed by atoms with Crippen molar-refractivity contribution in [3.05, 3.63) is 41.5 Å². The Balaban J connectivity index is 0.00000450. The van der Waals surface area contributed by atoms with Crippen molar-refractivity contribution in [2.75, 3.05) is 19.7 Å². The number of benzene rings is 1. The van der Waals surface area contributed by atoms with Crippen LogP contribution < -0.4 is 15.4 Å². The summed E-state index contributed by atoms with van der Waals surface area (Å²) in [5.41, 5.74) is 0.847. The second kappa shape index (κ2) is 12.6. The van der Waals surface area contributed by atoms with Gasteiger partial charge >= 0.3 is 6.18 Å². The van der Waals surface area contributed by atoms with E-state index in [-0.39, 0.29) is 35.6 Å². The summed E-state index contributed by atoms with van der Waals surface area (Å²) < 4.78 is 46.4. The van der Waals surface area contributed by atoms with Crippen LogP contribution >= 0.6 is 24.0 Å². The van der Waals surface area contributed by atoms with E-state index in [4.69, 9.17) is 9.26 Å². The van der Waals surface area contributed by atoms with Crippen LogP contribution in [-0.2, 0) is 13.0 Å². The van der Waals surface area contributed by atoms with Gasteiger partial charge in [0.15, 0.2) is 18.4 Å². The lowest BCUT2D eigenvalue weighted by Crippen LogP contribution is -2.38. The number of hydrogen-bond acceptors (Lipinski definition) is 5. The summed E-state index contributed by atoms with van der Waals surface area (Å²) in [6.07, 6.45) is -3.79. The molecule has 0 aliphatic heterocycles. The number of nitrogens with one attached hydrogen (secondary N) is 2. The van der Waals surface area contributed by atoms with Crippen molar-refractivity contribution >= 4 is 29.9 Å². The summed E-state index contributed by atoms with van der Waals surface area (Å²) >= 11 is 0. The third kappa shape index (κ3) is 9.63. The number of alkyl halides is 3. The Morgan fingerprint density at radius 3 is 2.47 bits per heavy atom. The molecule has 30 heavy (non-hydrogen) atoms. The van der Waals surface area contributed by atoms with E-state index in [1.54, 1.807) is 12.1 Å². The highest BCUT2D eigenvalue weighted by Gasteiger charge is 2.28. The molecule has 0 aliphatic rings. The Bertz CT molecular complexity index is 779. The van der Waals surface area contributed by atoms with E-state index in [9.17, 15) is 13.2 Å². The highest BCUT2D eigenvalue weighted by molar-refractivity contribution is 14.0. The second-order valence-corrected chi connectivity index (χ2v) is 6.62. The van der Waals surface area contributed by atoms with Gasteiger partial charge in [-0.1, -0.05) is 31.1 Å². The standard InChI is InChI=1S/C19H26F3N5O2.HI/c1-4-23-18(24-10-9-16-26-17(13(2)3)27-29-16)25-11-14-5-7-15(8-6-14)28-12-19(20,21)22;/h5-8,13H,4,9-12H2,1-3H3,(H2,23,24,25);1H. The first-order chi connectivity index (χ1) is 13.8. The highest BCUT2D eigenvalue weighted by atomic mass is 127. The molecule has 11 heteroatoms. The van der Waals surface area contributed by atoms with Crippen molar-refractivity contribution in [1.82, 2.24) is 20.8 Å². The van der Waals surface area contributed by atoms with Gasteiger partial charge in [-0.2, -0.15) is 18.2 Å². The van der Waals surface area contributed by atoms with Crippen LogP contribution in [0.15, 0.2) is 33.8 Å². The summed E-state index contributed by atoms with van der Waals surface area (Å²) in [6.45, 7) is 6.26. The molecular formula is C19H27F3IN5O2. The largest absolute Gasteiger partial charge is 0.484 e. The predicted octanol–water partition coefficient (Wildman–Crippen LogP) is 4.05. The van der Waals surface area contributed by atoms with Gasteiger partial charge in [0.05, 0.1) is 6.54 Å². The average molecular weight is 541 g/mol. The minimum absolute atomic E-state index is 0. The van der Waals surface area contributed by atoms with Crippen LogP contribution in [0.1, 0.15) is 44.0 Å². The maximum atomic E-state index is 12.2. The monoisotopic (exact) mass is 541 g/mol. The van der Waals surface area contributed by atoms with E-state index in [1.807, 2.05) is 20.8 Å². The SMILES string of the molecule is CCNC(=NCc1ccc(OCC(F)(F)F)cc1)NCCc1nc(C(C)C)no1.I. The van der Waals surface area contributed by atoms with Gasteiger partial charge in [-0.05, 0) is 24.6 Å². The molecule has 1 aromatic carbocycles. The normalized spacial score (nSPS) is 11.9. The van der Waals surface area contributed by atoms with Crippen LogP contribution in [0, 0.1) is 0 Å². The van der Waals surface area contributed by atoms with Gasteiger partial charge in [-0.25, -0.2) is 4.99 Å². The summed E-state index contributed by atoms with van der Waals surface area (Å²) in [5, 5.41) is 10.2. The quantitative estimate of drug-likeness (QED) is 0.283. The van der Waals surface area contributed by atoms with E-state index in [0.717, 1.165) is 5.56 Å². The van der Waals surface area contributed by atoms with Gasteiger partial charge in [0.1, 0.15) is 5.75 Å². The van der Waals surface area contributed by atoms with Crippen LogP contribution in [0.4, 0.5) is 13.2 Å². The Hall–Kier alpha value is -2.05. The van der Waals surface area contributed by atoms with Gasteiger partial charge in [-0.3, -0.25) is 0 Å². The van der Waals surface area contributed by atoms with E-state index in [2.05, 4.69) is 25.8 Å². The van der Waals surface area contributed by atoms with E-state index in [1.165, 1.54) is 12.1 Å². The lowest BCUT2D eigenvalue weighted by molar-refractivity contribution is -0.153. The van der Waals surface area contributed by atoms with Crippen LogP contribution in [0.3, 0.4) is 0 Å². The molecule has 168 valence electrons. The minimum atomic E-state index is -4.35. The summed E-state index contributed by atoms with van der Waals surface area (Å²) in [6, 6.07) is 6.37. The van der Waals surface area contributed by atoms with Crippen molar-refractivity contribution < 1.29 is 22.4 Å². The summed E-state index contributed by atoms with van der Waals surface area (Å²) in [5.74, 6) is 2.24. The third-order valence-corrected chi connectivity index (χ3v) is 3.72. The number of nitrogens with zero attached hydrogens (tertiary/aromatic N) is 3. The number of aliphatic imine (C=N–C) groups is 1. The molecule has 0 bridgehead atoms. The first kappa shape index (κ1) is 26.0. The lowest BCUT2D eigenvalue weighted by atomic mass is 10.2. The maximum absolute atomic E-state index is 12.2. The zero-order valence-corrected chi connectivity index (χ0v) is 19.5. The van der Waals surface area contributed by atoms with Crippen molar-refractivity contribution in [3.63, 3.8) is 0 Å². The van der Waals surface area contributed by atoms with Crippen LogP contribution in [0.5, 0.6) is 5.75 Å². The fraction of sp³-hybridized carbons (Fsp3) is 0.526. The Labute approximate surface area is 190 Å². The van der Waals surface area contributed by atoms with Gasteiger partial charge in [0.25, 0.3) is 0 Å². The number of halogens is 4. The summed E-state index contributed by atoms with van der Waals surface area (Å²) in [4.78, 5) is 8.79. The van der Waals surface area contributed by atoms with Crippen molar-refractivity contribution in [2.24, 2.45) is 4.99 Å². The number of aromatic nitrogens is 2. The Morgan fingerprint density at radius 2 is 1.90 bits per heavy atom. The zero-order chi connectivity index (χ0) is 21.3. The fourth-order valence-electron chi connectivity index (χ4n) is 2.26. The molecule has 2 rings (SSSR count). The number of rotatable bonds is 9. The van der Waals surface area contributed by atoms with Crippen LogP contribution in [-0.4, -0.2) is 42.0 Å². The molecule has 0 amide bonds. The third-order valence-electron chi connectivity index (χ3n) is 3.72. The Morgan fingerprint density at radius 1 is 1.20 bits per heavy atom. The molecule has 0 saturated heterocycles. The first-order valence-electron chi connectivity index (χ1n) is 9.40. The molecule has 0 saturated carbocycles. The van der Waals surface area contributed by atoms with Gasteiger partial charge in [0.2, 0.25) is 5.89 Å². The first-order valence-corrected chi connectivity index (χ1v) is 9.40. The molecular weight excluding hydrogens is 514 g/mol. The predicted molar refractivity (Wildman–Crippen MR) is 118 cm³/mol. The molecule has 0 aliphatic carbocycles. The molecule has 0 unspecified atom stereocenters. The molecule has 0 spiro atoms. The maximum Gasteiger partial charge on any atom is 0.422 e. The Kier molecular flexibility index (Phi) is 10.9. The molecule has 0 atom stereocenters. The van der Waals surface area contributed by atoms with Crippen molar-refractivity contribution in [3.8, 4) is 5.75 Å². The molecule has 2 aromatic rings. The van der Waals surface area contributed by atoms with Crippen LogP contribution in [0.25, 0.3) is 0 Å². The zero-order valence-electron chi connectivity index (χ0n) is 17.1. The van der Waals surface area contributed by atoms with Gasteiger partial charge in [-0.15, -0.1) is 24.0 Å². The lowest BCUT2D eigenvalue weighted by Gasteiger charge is -2.11. The molecule has 2 N–H and O–H groups in total. The molecule has 0 fully saturated rings. The fourth-order valence-corrected chi connectivity index (χ4v) is 2.26. The molecule has 1 aromatic heterocycles. The average Bonchev–Trinajstić information content (AvgIpc) is 3.14. The van der Waals surface area contributed by atoms with Crippen molar-refractivity contribution in [1.29, 1.82) is 0 Å². The van der Waals surface area contributed by atoms with Gasteiger partial charge in [0, 0.05) is 25.4 Å². The van der Waals surface area contributed by atoms with Crippen LogP contribution in [0.2, 0.25) is 0 Å². The highest BCUT2D eigenvalue weighted by Crippen LogP contribution is 2.19. The van der Waals surface area contributed by atoms with E-state index >= 15 is 0 Å². The number of guanidine groups is 1. The molecule has 1 heterocycles.